The summed E-state index contributed by atoms with van der Waals surface area (Å²) in [6.07, 6.45) is 10.8. The van der Waals surface area contributed by atoms with Crippen molar-refractivity contribution in [2.75, 3.05) is 24.3 Å². The summed E-state index contributed by atoms with van der Waals surface area (Å²) in [4.78, 5) is 11.6. The van der Waals surface area contributed by atoms with Crippen molar-refractivity contribution >= 4 is 15.8 Å². The summed E-state index contributed by atoms with van der Waals surface area (Å²) in [5.41, 5.74) is 0. The summed E-state index contributed by atoms with van der Waals surface area (Å²) in [5, 5.41) is 0. The maximum atomic E-state index is 11.5. The van der Waals surface area contributed by atoms with Gasteiger partial charge in [-0.25, -0.2) is 18.4 Å². The van der Waals surface area contributed by atoms with Gasteiger partial charge < -0.3 is 9.64 Å². The summed E-state index contributed by atoms with van der Waals surface area (Å²) in [7, 11) is -3.16. The van der Waals surface area contributed by atoms with Crippen molar-refractivity contribution in [1.29, 1.82) is 0 Å². The normalized spacial score (nSPS) is 24.8. The van der Waals surface area contributed by atoms with Gasteiger partial charge >= 0.3 is 0 Å². The Hall–Kier alpha value is -2.15. The highest BCUT2D eigenvalue weighted by Crippen LogP contribution is 2.48. The molecule has 1 aromatic carbocycles. The molecule has 1 saturated carbocycles. The second-order valence-corrected chi connectivity index (χ2v) is 9.86. The Balaban J connectivity index is 1.28. The summed E-state index contributed by atoms with van der Waals surface area (Å²) in [6, 6.07) is 9.07. The van der Waals surface area contributed by atoms with Crippen molar-refractivity contribution in [3.05, 3.63) is 42.7 Å². The topological polar surface area (TPSA) is 72.4 Å². The number of anilines is 1. The average Bonchev–Trinajstić information content (AvgIpc) is 3.48. The minimum atomic E-state index is -3.16. The van der Waals surface area contributed by atoms with E-state index in [0.717, 1.165) is 24.7 Å². The molecule has 1 aliphatic heterocycles. The van der Waals surface area contributed by atoms with Crippen LogP contribution in [0, 0.1) is 11.8 Å². The average molecular weight is 402 g/mol. The fourth-order valence-electron chi connectivity index (χ4n) is 4.28. The lowest BCUT2D eigenvalue weighted by atomic mass is 9.97. The summed E-state index contributed by atoms with van der Waals surface area (Å²) < 4.78 is 28.9. The van der Waals surface area contributed by atoms with Gasteiger partial charge in [0.05, 0.1) is 11.5 Å². The van der Waals surface area contributed by atoms with Crippen molar-refractivity contribution in [2.45, 2.75) is 43.0 Å². The van der Waals surface area contributed by atoms with E-state index in [4.69, 9.17) is 4.74 Å². The first-order chi connectivity index (χ1) is 13.5. The van der Waals surface area contributed by atoms with Crippen LogP contribution in [0.3, 0.4) is 0 Å². The molecule has 6 nitrogen and oxygen atoms in total. The lowest BCUT2D eigenvalue weighted by Gasteiger charge is -2.36. The van der Waals surface area contributed by atoms with E-state index in [1.165, 1.54) is 31.9 Å². The van der Waals surface area contributed by atoms with Gasteiger partial charge in [0, 0.05) is 31.2 Å². The number of hydrogen-bond acceptors (Lipinski definition) is 6. The second kappa shape index (κ2) is 8.07. The van der Waals surface area contributed by atoms with Crippen molar-refractivity contribution < 1.29 is 13.2 Å². The molecular weight excluding hydrogens is 374 g/mol. The molecule has 0 radical (unpaired) electrons. The Morgan fingerprint density at radius 3 is 2.61 bits per heavy atom. The van der Waals surface area contributed by atoms with Gasteiger partial charge in [-0.05, 0) is 74.3 Å². The van der Waals surface area contributed by atoms with Crippen LogP contribution in [0.4, 0.5) is 5.95 Å². The highest BCUT2D eigenvalue weighted by atomic mass is 32.2. The Kier molecular flexibility index (Phi) is 5.53. The number of sulfone groups is 1. The first kappa shape index (κ1) is 19.2. The highest BCUT2D eigenvalue weighted by molar-refractivity contribution is 7.90. The fraction of sp³-hybridized carbons (Fsp3) is 0.524. The lowest BCUT2D eigenvalue weighted by Crippen LogP contribution is -2.42. The molecule has 0 spiro atoms. The third-order valence-corrected chi connectivity index (χ3v) is 6.97. The number of piperidine rings is 1. The fourth-order valence-corrected chi connectivity index (χ4v) is 4.91. The van der Waals surface area contributed by atoms with E-state index < -0.39 is 9.84 Å². The maximum absolute atomic E-state index is 11.5. The van der Waals surface area contributed by atoms with E-state index in [1.807, 2.05) is 18.5 Å². The Bertz CT molecular complexity index is 887. The molecule has 0 amide bonds. The monoisotopic (exact) mass is 401 g/mol. The smallest absolute Gasteiger partial charge is 0.225 e. The van der Waals surface area contributed by atoms with E-state index in [-0.39, 0.29) is 0 Å². The van der Waals surface area contributed by atoms with Gasteiger partial charge in [0.25, 0.3) is 0 Å². The van der Waals surface area contributed by atoms with Gasteiger partial charge in [-0.15, -0.1) is 0 Å². The molecule has 0 bridgehead atoms. The summed E-state index contributed by atoms with van der Waals surface area (Å²) in [6.45, 7) is 1.70. The van der Waals surface area contributed by atoms with Gasteiger partial charge in [0.2, 0.25) is 5.95 Å². The predicted molar refractivity (Wildman–Crippen MR) is 108 cm³/mol. The molecule has 2 aromatic rings. The number of benzene rings is 1. The first-order valence-electron chi connectivity index (χ1n) is 9.99. The predicted octanol–water partition coefficient (Wildman–Crippen LogP) is 3.34. The molecule has 2 aliphatic rings. The Labute approximate surface area is 166 Å². The van der Waals surface area contributed by atoms with E-state index in [1.54, 1.807) is 24.3 Å². The number of hydrogen-bond donors (Lipinski definition) is 0. The van der Waals surface area contributed by atoms with E-state index in [2.05, 4.69) is 14.9 Å². The number of aromatic nitrogens is 2. The molecule has 4 rings (SSSR count). The molecule has 0 N–H and O–H groups in total. The van der Waals surface area contributed by atoms with Gasteiger partial charge in [0.1, 0.15) is 5.75 Å². The van der Waals surface area contributed by atoms with E-state index >= 15 is 0 Å². The number of nitrogens with zero attached hydrogens (tertiary/aromatic N) is 3. The molecule has 3 unspecified atom stereocenters. The highest BCUT2D eigenvalue weighted by Gasteiger charge is 2.45. The van der Waals surface area contributed by atoms with Crippen LogP contribution in [0.1, 0.15) is 32.1 Å². The molecule has 2 heterocycles. The molecule has 150 valence electrons. The zero-order valence-electron chi connectivity index (χ0n) is 16.2. The number of ether oxygens (including phenoxy) is 1. The van der Waals surface area contributed by atoms with Crippen molar-refractivity contribution in [1.82, 2.24) is 9.97 Å². The van der Waals surface area contributed by atoms with Gasteiger partial charge in [-0.3, -0.25) is 0 Å². The van der Waals surface area contributed by atoms with Crippen molar-refractivity contribution in [3.63, 3.8) is 0 Å². The summed E-state index contributed by atoms with van der Waals surface area (Å²) in [5.74, 6) is 2.96. The van der Waals surface area contributed by atoms with Gasteiger partial charge in [-0.2, -0.15) is 0 Å². The summed E-state index contributed by atoms with van der Waals surface area (Å²) >= 11 is 0. The second-order valence-electron chi connectivity index (χ2n) is 7.85. The largest absolute Gasteiger partial charge is 0.494 e. The zero-order valence-corrected chi connectivity index (χ0v) is 17.0. The maximum Gasteiger partial charge on any atom is 0.225 e. The van der Waals surface area contributed by atoms with Crippen LogP contribution in [0.2, 0.25) is 0 Å². The molecule has 7 heteroatoms. The molecule has 3 atom stereocenters. The van der Waals surface area contributed by atoms with Crippen LogP contribution >= 0.6 is 0 Å². The van der Waals surface area contributed by atoms with Crippen LogP contribution < -0.4 is 9.64 Å². The first-order valence-corrected chi connectivity index (χ1v) is 11.9. The van der Waals surface area contributed by atoms with Crippen LogP contribution in [-0.4, -0.2) is 43.8 Å². The molecular formula is C21H27N3O3S. The standard InChI is InChI=1S/C21H27N3O3S/c1-28(25,26)18-8-6-17(7-9-18)27-14-10-16-15-19(16)20-5-2-3-13-24(20)21-22-11-4-12-23-21/h4,6-9,11-12,16,19-20H,2-3,5,10,13-15H2,1H3. The minimum Gasteiger partial charge on any atom is -0.494 e. The van der Waals surface area contributed by atoms with Crippen molar-refractivity contribution in [2.24, 2.45) is 11.8 Å². The quantitative estimate of drug-likeness (QED) is 0.708. The molecule has 1 aliphatic carbocycles. The van der Waals surface area contributed by atoms with Crippen molar-refractivity contribution in [3.8, 4) is 5.75 Å². The van der Waals surface area contributed by atoms with Crippen LogP contribution in [0.5, 0.6) is 5.75 Å². The SMILES string of the molecule is CS(=O)(=O)c1ccc(OCCC2CC2C2CCCCN2c2ncccn2)cc1. The van der Waals surface area contributed by atoms with E-state index in [0.29, 0.717) is 29.4 Å². The molecule has 1 saturated heterocycles. The van der Waals surface area contributed by atoms with E-state index in [9.17, 15) is 8.42 Å². The minimum absolute atomic E-state index is 0.322. The molecule has 28 heavy (non-hydrogen) atoms. The van der Waals surface area contributed by atoms with Gasteiger partial charge in [-0.1, -0.05) is 0 Å². The lowest BCUT2D eigenvalue weighted by molar-refractivity contribution is 0.293. The van der Waals surface area contributed by atoms with Gasteiger partial charge in [0.15, 0.2) is 9.84 Å². The Morgan fingerprint density at radius 2 is 1.89 bits per heavy atom. The van der Waals surface area contributed by atoms with Crippen LogP contribution in [-0.2, 0) is 9.84 Å². The van der Waals surface area contributed by atoms with Crippen LogP contribution in [0.15, 0.2) is 47.6 Å². The Morgan fingerprint density at radius 1 is 1.14 bits per heavy atom. The third-order valence-electron chi connectivity index (χ3n) is 5.84. The third kappa shape index (κ3) is 4.46. The number of rotatable bonds is 7. The zero-order chi connectivity index (χ0) is 19.6. The van der Waals surface area contributed by atoms with Crippen LogP contribution in [0.25, 0.3) is 0 Å². The molecule has 2 fully saturated rings. The molecule has 1 aromatic heterocycles.